The van der Waals surface area contributed by atoms with Crippen LogP contribution < -0.4 is 21.7 Å². The van der Waals surface area contributed by atoms with E-state index >= 15 is 0 Å². The van der Waals surface area contributed by atoms with Crippen molar-refractivity contribution < 1.29 is 34.2 Å². The molecule has 0 saturated heterocycles. The van der Waals surface area contributed by atoms with Crippen LogP contribution in [0, 0.1) is 11.3 Å². The highest BCUT2D eigenvalue weighted by atomic mass is 16.3. The molecule has 4 atom stereocenters. The maximum Gasteiger partial charge on any atom is 0.244 e. The molecule has 4 rings (SSSR count). The quantitative estimate of drug-likeness (QED) is 0.0731. The van der Waals surface area contributed by atoms with E-state index in [1.54, 1.807) is 36.4 Å². The zero-order chi connectivity index (χ0) is 39.7. The summed E-state index contributed by atoms with van der Waals surface area (Å²) in [5, 5.41) is 38.5. The Morgan fingerprint density at radius 2 is 1.53 bits per heavy atom. The molecule has 0 aliphatic rings. The Kier molecular flexibility index (Phi) is 15.9. The summed E-state index contributed by atoms with van der Waals surface area (Å²) in [4.78, 5) is 65.7. The predicted molar refractivity (Wildman–Crippen MR) is 207 cm³/mol. The summed E-state index contributed by atoms with van der Waals surface area (Å²) in [7, 11) is 1.52. The Morgan fingerprint density at radius 3 is 2.22 bits per heavy atom. The van der Waals surface area contributed by atoms with Gasteiger partial charge in [0.25, 0.3) is 0 Å². The number of hydrogen-bond acceptors (Lipinski definition) is 9. The largest absolute Gasteiger partial charge is 0.508 e. The second kappa shape index (κ2) is 21.0. The van der Waals surface area contributed by atoms with Crippen LogP contribution in [0.1, 0.15) is 47.9 Å². The number of aliphatic hydroxyl groups is 1. The molecular weight excluding hydrogens is 700 g/mol. The van der Waals surface area contributed by atoms with Crippen LogP contribution in [0.3, 0.4) is 0 Å². The molecule has 13 nitrogen and oxygen atoms in total. The fourth-order valence-corrected chi connectivity index (χ4v) is 6.12. The number of aliphatic hydroxyl groups excluding tert-OH is 1. The van der Waals surface area contributed by atoms with E-state index < -0.39 is 48.5 Å². The molecule has 0 aliphatic carbocycles. The summed E-state index contributed by atoms with van der Waals surface area (Å²) in [6.07, 6.45) is 3.75. The summed E-state index contributed by atoms with van der Waals surface area (Å²) >= 11 is 0. The summed E-state index contributed by atoms with van der Waals surface area (Å²) in [5.41, 5.74) is 9.12. The Labute approximate surface area is 320 Å². The van der Waals surface area contributed by atoms with Gasteiger partial charge in [0.05, 0.1) is 30.3 Å². The average Bonchev–Trinajstić information content (AvgIpc) is 3.20. The van der Waals surface area contributed by atoms with Gasteiger partial charge in [-0.15, -0.1) is 0 Å². The number of amides is 4. The van der Waals surface area contributed by atoms with Crippen molar-refractivity contribution in [3.63, 3.8) is 0 Å². The minimum Gasteiger partial charge on any atom is -0.508 e. The normalized spacial score (nSPS) is 13.1. The highest BCUT2D eigenvalue weighted by Crippen LogP contribution is 2.20. The van der Waals surface area contributed by atoms with Gasteiger partial charge in [0, 0.05) is 26.4 Å². The number of nitrogens with two attached hydrogens (primary N) is 1. The van der Waals surface area contributed by atoms with Crippen LogP contribution in [0.5, 0.6) is 5.75 Å². The second-order valence-electron chi connectivity index (χ2n) is 13.4. The van der Waals surface area contributed by atoms with Gasteiger partial charge in [-0.3, -0.25) is 24.0 Å². The molecule has 0 unspecified atom stereocenters. The SMILES string of the molecule is CN(C(=O)CCc1ccc(C#N)cc1)[C@@H](Cc1ccc(O)cc1)C(=O)N[C@@H]([C]=O)CCCCNC(=O)[C@H](CO)NC(=O)[C@@H](N)Cc1cccc2ccccc12. The van der Waals surface area contributed by atoms with Gasteiger partial charge >= 0.3 is 0 Å². The van der Waals surface area contributed by atoms with Crippen molar-refractivity contribution in [2.75, 3.05) is 20.2 Å². The molecule has 287 valence electrons. The van der Waals surface area contributed by atoms with Gasteiger partial charge in [0.2, 0.25) is 29.9 Å². The monoisotopic (exact) mass is 747 g/mol. The average molecular weight is 748 g/mol. The minimum absolute atomic E-state index is 0.0528. The number of unbranched alkanes of at least 4 members (excludes halogenated alkanes) is 1. The van der Waals surface area contributed by atoms with E-state index in [0.717, 1.165) is 21.9 Å². The van der Waals surface area contributed by atoms with E-state index in [4.69, 9.17) is 11.0 Å². The molecule has 7 N–H and O–H groups in total. The number of nitriles is 1. The van der Waals surface area contributed by atoms with E-state index in [0.29, 0.717) is 30.4 Å². The zero-order valence-electron chi connectivity index (χ0n) is 30.7. The number of aromatic hydroxyl groups is 1. The number of fused-ring (bicyclic) bond motifs is 1. The van der Waals surface area contributed by atoms with Crippen molar-refractivity contribution in [3.05, 3.63) is 113 Å². The van der Waals surface area contributed by atoms with Crippen molar-refractivity contribution in [1.29, 1.82) is 5.26 Å². The lowest BCUT2D eigenvalue weighted by atomic mass is 9.98. The fraction of sp³-hybridized carbons (Fsp3) is 0.333. The number of benzene rings is 4. The molecule has 4 aromatic carbocycles. The second-order valence-corrected chi connectivity index (χ2v) is 13.4. The van der Waals surface area contributed by atoms with Crippen molar-refractivity contribution in [3.8, 4) is 11.8 Å². The van der Waals surface area contributed by atoms with Crippen LogP contribution in [0.25, 0.3) is 10.8 Å². The summed E-state index contributed by atoms with van der Waals surface area (Å²) in [5.74, 6) is -1.97. The Hall–Kier alpha value is -6.10. The van der Waals surface area contributed by atoms with Crippen LogP contribution in [0.4, 0.5) is 0 Å². The van der Waals surface area contributed by atoms with Crippen LogP contribution in [-0.4, -0.2) is 89.4 Å². The highest BCUT2D eigenvalue weighted by molar-refractivity contribution is 5.91. The molecule has 0 aliphatic heterocycles. The lowest BCUT2D eigenvalue weighted by Gasteiger charge is -2.28. The lowest BCUT2D eigenvalue weighted by molar-refractivity contribution is -0.139. The molecule has 0 fully saturated rings. The molecule has 4 aromatic rings. The molecule has 0 aromatic heterocycles. The summed E-state index contributed by atoms with van der Waals surface area (Å²) in [6.45, 7) is -0.461. The Bertz CT molecular complexity index is 1960. The number of phenols is 1. The van der Waals surface area contributed by atoms with Gasteiger partial charge < -0.3 is 36.8 Å². The van der Waals surface area contributed by atoms with E-state index in [-0.39, 0.29) is 43.9 Å². The number of hydrogen-bond donors (Lipinski definition) is 6. The van der Waals surface area contributed by atoms with Crippen molar-refractivity contribution in [2.24, 2.45) is 5.73 Å². The van der Waals surface area contributed by atoms with E-state index in [9.17, 15) is 34.2 Å². The third-order valence-electron chi connectivity index (χ3n) is 9.39. The van der Waals surface area contributed by atoms with E-state index in [1.807, 2.05) is 48.8 Å². The number of aryl methyl sites for hydroxylation is 1. The Morgan fingerprint density at radius 1 is 0.836 bits per heavy atom. The maximum absolute atomic E-state index is 13.6. The molecule has 4 amide bonds. The number of nitrogens with one attached hydrogen (secondary N) is 3. The Balaban J connectivity index is 1.25. The molecule has 0 saturated carbocycles. The number of likely N-dealkylation sites (N-methyl/N-ethyl adjacent to an activating group) is 1. The number of carbonyl (C=O) groups excluding carboxylic acids is 5. The molecule has 0 heterocycles. The van der Waals surface area contributed by atoms with Crippen molar-refractivity contribution in [2.45, 2.75) is 69.1 Å². The predicted octanol–water partition coefficient (Wildman–Crippen LogP) is 2.35. The standard InChI is InChI=1S/C42H47N6O7/c1-48(39(52)21-18-28-12-14-30(25-43)15-13-28)38(23-29-16-19-34(51)20-17-29)42(55)46-33(26-49)10-4-5-22-45-41(54)37(27-50)47-40(53)36(44)24-32-9-6-8-31-7-2-3-11-35(31)32/h2-3,6-9,11-17,19-20,33,36-38,50-51H,4-5,10,18,21-24,27,44H2,1H3,(H,45,54)(H,46,55)(H,47,53)/t33-,36+,37+,38+/m1/s1. The van der Waals surface area contributed by atoms with Gasteiger partial charge in [-0.2, -0.15) is 5.26 Å². The first-order valence-corrected chi connectivity index (χ1v) is 18.1. The van der Waals surface area contributed by atoms with E-state index in [2.05, 4.69) is 22.0 Å². The van der Waals surface area contributed by atoms with Crippen LogP contribution >= 0.6 is 0 Å². The zero-order valence-corrected chi connectivity index (χ0v) is 30.7. The van der Waals surface area contributed by atoms with Crippen LogP contribution in [-0.2, 0) is 43.2 Å². The summed E-state index contributed by atoms with van der Waals surface area (Å²) < 4.78 is 0. The van der Waals surface area contributed by atoms with Gasteiger partial charge in [-0.05, 0) is 83.8 Å². The first-order valence-electron chi connectivity index (χ1n) is 18.1. The van der Waals surface area contributed by atoms with Crippen molar-refractivity contribution in [1.82, 2.24) is 20.9 Å². The molecule has 0 bridgehead atoms. The number of nitrogens with zero attached hydrogens (tertiary/aromatic N) is 2. The van der Waals surface area contributed by atoms with Crippen LogP contribution in [0.15, 0.2) is 91.0 Å². The van der Waals surface area contributed by atoms with Crippen LogP contribution in [0.2, 0.25) is 0 Å². The van der Waals surface area contributed by atoms with Gasteiger partial charge in [0.15, 0.2) is 0 Å². The third-order valence-corrected chi connectivity index (χ3v) is 9.39. The summed E-state index contributed by atoms with van der Waals surface area (Å²) in [6, 6.07) is 24.6. The topological polar surface area (TPSA) is 215 Å². The highest BCUT2D eigenvalue weighted by Gasteiger charge is 2.29. The minimum atomic E-state index is -1.21. The first kappa shape index (κ1) is 41.7. The smallest absolute Gasteiger partial charge is 0.244 e. The van der Waals surface area contributed by atoms with Gasteiger partial charge in [0.1, 0.15) is 17.8 Å². The molecule has 13 heteroatoms. The number of carbonyl (C=O) groups is 4. The molecular formula is C42H47N6O7. The maximum atomic E-state index is 13.6. The fourth-order valence-electron chi connectivity index (χ4n) is 6.12. The number of rotatable bonds is 20. The van der Waals surface area contributed by atoms with Gasteiger partial charge in [-0.1, -0.05) is 66.7 Å². The first-order chi connectivity index (χ1) is 26.5. The lowest BCUT2D eigenvalue weighted by Crippen LogP contribution is -2.53. The molecule has 0 spiro atoms. The van der Waals surface area contributed by atoms with Gasteiger partial charge in [-0.25, -0.2) is 0 Å². The third kappa shape index (κ3) is 12.5. The number of phenolic OH excluding ortho intramolecular Hbond substituents is 1. The van der Waals surface area contributed by atoms with E-state index in [1.165, 1.54) is 24.1 Å². The molecule has 1 radical (unpaired) electrons. The molecule has 55 heavy (non-hydrogen) atoms. The van der Waals surface area contributed by atoms with Crippen molar-refractivity contribution >= 4 is 40.7 Å².